The van der Waals surface area contributed by atoms with E-state index in [1.54, 1.807) is 7.11 Å². The summed E-state index contributed by atoms with van der Waals surface area (Å²) in [6.45, 7) is 9.31. The van der Waals surface area contributed by atoms with Crippen LogP contribution in [0.15, 0.2) is 12.1 Å². The van der Waals surface area contributed by atoms with E-state index in [1.165, 1.54) is 5.56 Å². The van der Waals surface area contributed by atoms with Gasteiger partial charge in [-0.3, -0.25) is 0 Å². The molecule has 0 saturated carbocycles. The largest absolute Gasteiger partial charge is 0.496 e. The molecule has 0 radical (unpaired) electrons. The minimum atomic E-state index is 0.217. The number of rotatable bonds is 6. The van der Waals surface area contributed by atoms with Crippen molar-refractivity contribution in [1.82, 2.24) is 5.32 Å². The monoisotopic (exact) mass is 251 g/mol. The maximum Gasteiger partial charge on any atom is 0.124 e. The Morgan fingerprint density at radius 3 is 2.22 bits per heavy atom. The number of methoxy groups -OCH3 is 1. The molecule has 3 heteroatoms. The Kier molecular flexibility index (Phi) is 5.63. The lowest BCUT2D eigenvalue weighted by Gasteiger charge is -2.20. The Morgan fingerprint density at radius 2 is 1.78 bits per heavy atom. The van der Waals surface area contributed by atoms with Crippen LogP contribution < -0.4 is 10.1 Å². The van der Waals surface area contributed by atoms with Crippen LogP contribution in [0, 0.1) is 19.8 Å². The fourth-order valence-electron chi connectivity index (χ4n) is 2.10. The average Bonchev–Trinajstić information content (AvgIpc) is 2.34. The highest BCUT2D eigenvalue weighted by Gasteiger charge is 2.11. The third-order valence-corrected chi connectivity index (χ3v) is 3.49. The molecule has 18 heavy (non-hydrogen) atoms. The van der Waals surface area contributed by atoms with Gasteiger partial charge in [-0.25, -0.2) is 0 Å². The molecule has 0 spiro atoms. The smallest absolute Gasteiger partial charge is 0.124 e. The van der Waals surface area contributed by atoms with Gasteiger partial charge in [0.25, 0.3) is 0 Å². The van der Waals surface area contributed by atoms with Gasteiger partial charge in [0.15, 0.2) is 0 Å². The number of aliphatic hydroxyl groups is 1. The predicted molar refractivity (Wildman–Crippen MR) is 75.0 cm³/mol. The molecule has 2 unspecified atom stereocenters. The molecule has 0 saturated heterocycles. The molecule has 0 aliphatic carbocycles. The summed E-state index contributed by atoms with van der Waals surface area (Å²) in [5.41, 5.74) is 3.58. The van der Waals surface area contributed by atoms with E-state index in [-0.39, 0.29) is 12.5 Å². The van der Waals surface area contributed by atoms with Crippen LogP contribution in [0.2, 0.25) is 0 Å². The zero-order valence-corrected chi connectivity index (χ0v) is 12.1. The number of aliphatic hydroxyl groups excluding tert-OH is 1. The van der Waals surface area contributed by atoms with Crippen LogP contribution in [-0.2, 0) is 6.54 Å². The molecule has 0 aliphatic rings. The molecule has 0 fully saturated rings. The quantitative estimate of drug-likeness (QED) is 0.816. The van der Waals surface area contributed by atoms with E-state index in [0.29, 0.717) is 6.04 Å². The molecule has 2 atom stereocenters. The van der Waals surface area contributed by atoms with Gasteiger partial charge in [-0.05, 0) is 43.4 Å². The molecule has 0 heterocycles. The highest BCUT2D eigenvalue weighted by atomic mass is 16.5. The van der Waals surface area contributed by atoms with E-state index in [0.717, 1.165) is 23.4 Å². The number of ether oxygens (including phenoxy) is 1. The summed E-state index contributed by atoms with van der Waals surface area (Å²) in [6.07, 6.45) is 0. The van der Waals surface area contributed by atoms with Gasteiger partial charge < -0.3 is 15.2 Å². The van der Waals surface area contributed by atoms with Crippen molar-refractivity contribution in [2.45, 2.75) is 40.3 Å². The van der Waals surface area contributed by atoms with Gasteiger partial charge in [-0.2, -0.15) is 0 Å². The Morgan fingerprint density at radius 1 is 1.22 bits per heavy atom. The molecule has 2 N–H and O–H groups in total. The third-order valence-electron chi connectivity index (χ3n) is 3.49. The summed E-state index contributed by atoms with van der Waals surface area (Å²) in [5, 5.41) is 12.5. The first kappa shape index (κ1) is 15.0. The second-order valence-corrected chi connectivity index (χ2v) is 5.09. The SMILES string of the molecule is COc1c(C)cc(CNC(C)C(C)CO)cc1C. The molecular formula is C15H25NO2. The standard InChI is InChI=1S/C15H25NO2/c1-10-6-14(7-11(2)15(10)18-5)8-16-13(4)12(3)9-17/h6-7,12-13,16-17H,8-9H2,1-5H3. The topological polar surface area (TPSA) is 41.5 Å². The third kappa shape index (κ3) is 3.72. The van der Waals surface area contributed by atoms with Crippen molar-refractivity contribution < 1.29 is 9.84 Å². The second-order valence-electron chi connectivity index (χ2n) is 5.09. The highest BCUT2D eigenvalue weighted by Crippen LogP contribution is 2.24. The maximum atomic E-state index is 9.10. The van der Waals surface area contributed by atoms with Crippen LogP contribution in [0.3, 0.4) is 0 Å². The normalized spacial score (nSPS) is 14.3. The molecular weight excluding hydrogens is 226 g/mol. The Balaban J connectivity index is 2.69. The van der Waals surface area contributed by atoms with Gasteiger partial charge >= 0.3 is 0 Å². The van der Waals surface area contributed by atoms with Gasteiger partial charge in [0.2, 0.25) is 0 Å². The zero-order valence-electron chi connectivity index (χ0n) is 12.1. The molecule has 0 aliphatic heterocycles. The zero-order chi connectivity index (χ0) is 13.7. The van der Waals surface area contributed by atoms with Crippen LogP contribution in [0.1, 0.15) is 30.5 Å². The maximum absolute atomic E-state index is 9.10. The van der Waals surface area contributed by atoms with E-state index in [9.17, 15) is 0 Å². The van der Waals surface area contributed by atoms with E-state index < -0.39 is 0 Å². The lowest BCUT2D eigenvalue weighted by Crippen LogP contribution is -2.33. The second kappa shape index (κ2) is 6.76. The number of hydrogen-bond acceptors (Lipinski definition) is 3. The molecule has 1 rings (SSSR count). The van der Waals surface area contributed by atoms with Crippen molar-refractivity contribution in [3.05, 3.63) is 28.8 Å². The minimum Gasteiger partial charge on any atom is -0.496 e. The molecule has 0 bridgehead atoms. The number of aryl methyl sites for hydroxylation is 2. The van der Waals surface area contributed by atoms with Crippen molar-refractivity contribution in [3.63, 3.8) is 0 Å². The summed E-state index contributed by atoms with van der Waals surface area (Å²) in [6, 6.07) is 4.60. The van der Waals surface area contributed by atoms with Crippen LogP contribution in [0.5, 0.6) is 5.75 Å². The summed E-state index contributed by atoms with van der Waals surface area (Å²) < 4.78 is 5.36. The minimum absolute atomic E-state index is 0.217. The van der Waals surface area contributed by atoms with Gasteiger partial charge in [-0.15, -0.1) is 0 Å². The lowest BCUT2D eigenvalue weighted by atomic mass is 10.0. The van der Waals surface area contributed by atoms with Gasteiger partial charge in [0, 0.05) is 19.2 Å². The van der Waals surface area contributed by atoms with Crippen molar-refractivity contribution in [1.29, 1.82) is 0 Å². The van der Waals surface area contributed by atoms with E-state index in [1.807, 2.05) is 6.92 Å². The Hall–Kier alpha value is -1.06. The fraction of sp³-hybridized carbons (Fsp3) is 0.600. The average molecular weight is 251 g/mol. The first-order chi connectivity index (χ1) is 8.49. The van der Waals surface area contributed by atoms with Crippen LogP contribution in [-0.4, -0.2) is 24.9 Å². The van der Waals surface area contributed by atoms with Gasteiger partial charge in [0.1, 0.15) is 5.75 Å². The van der Waals surface area contributed by atoms with Crippen LogP contribution in [0.4, 0.5) is 0 Å². The lowest BCUT2D eigenvalue weighted by molar-refractivity contribution is 0.207. The van der Waals surface area contributed by atoms with Gasteiger partial charge in [-0.1, -0.05) is 19.1 Å². The molecule has 3 nitrogen and oxygen atoms in total. The Labute approximate surface area is 110 Å². The number of nitrogens with one attached hydrogen (secondary N) is 1. The van der Waals surface area contributed by atoms with Crippen molar-refractivity contribution >= 4 is 0 Å². The highest BCUT2D eigenvalue weighted by molar-refractivity contribution is 5.43. The van der Waals surface area contributed by atoms with Crippen molar-refractivity contribution in [2.24, 2.45) is 5.92 Å². The summed E-state index contributed by atoms with van der Waals surface area (Å²) in [4.78, 5) is 0. The number of benzene rings is 1. The molecule has 0 aromatic heterocycles. The van der Waals surface area contributed by atoms with Crippen LogP contribution >= 0.6 is 0 Å². The Bertz CT molecular complexity index is 367. The molecule has 0 amide bonds. The first-order valence-electron chi connectivity index (χ1n) is 6.48. The van der Waals surface area contributed by atoms with E-state index >= 15 is 0 Å². The molecule has 1 aromatic carbocycles. The van der Waals surface area contributed by atoms with E-state index in [4.69, 9.17) is 9.84 Å². The van der Waals surface area contributed by atoms with Gasteiger partial charge in [0.05, 0.1) is 7.11 Å². The summed E-state index contributed by atoms with van der Waals surface area (Å²) >= 11 is 0. The number of hydrogen-bond donors (Lipinski definition) is 2. The predicted octanol–water partition coefficient (Wildman–Crippen LogP) is 2.42. The molecule has 1 aromatic rings. The summed E-state index contributed by atoms with van der Waals surface area (Å²) in [5.74, 6) is 1.24. The van der Waals surface area contributed by atoms with Crippen molar-refractivity contribution in [3.8, 4) is 5.75 Å². The molecule has 102 valence electrons. The van der Waals surface area contributed by atoms with Crippen LogP contribution in [0.25, 0.3) is 0 Å². The summed E-state index contributed by atoms with van der Waals surface area (Å²) in [7, 11) is 1.71. The van der Waals surface area contributed by atoms with E-state index in [2.05, 4.69) is 38.2 Å². The van der Waals surface area contributed by atoms with Crippen molar-refractivity contribution in [2.75, 3.05) is 13.7 Å². The fourth-order valence-corrected chi connectivity index (χ4v) is 2.10. The first-order valence-corrected chi connectivity index (χ1v) is 6.48.